The van der Waals surface area contributed by atoms with Gasteiger partial charge in [-0.05, 0) is 6.92 Å². The minimum atomic E-state index is 0.807. The van der Waals surface area contributed by atoms with Gasteiger partial charge in [-0.1, -0.05) is 17.7 Å². The van der Waals surface area contributed by atoms with Crippen LogP contribution in [0.15, 0.2) is 18.3 Å². The van der Waals surface area contributed by atoms with Gasteiger partial charge in [-0.2, -0.15) is 5.10 Å². The lowest BCUT2D eigenvalue weighted by molar-refractivity contribution is 1.12. The molecule has 0 amide bonds. The van der Waals surface area contributed by atoms with Crippen LogP contribution in [0.25, 0.3) is 10.9 Å². The Morgan fingerprint density at radius 2 is 2.27 bits per heavy atom. The molecule has 1 heterocycles. The van der Waals surface area contributed by atoms with Crippen molar-refractivity contribution in [1.29, 1.82) is 0 Å². The number of aryl methyl sites for hydroxylation is 1. The van der Waals surface area contributed by atoms with E-state index in [-0.39, 0.29) is 0 Å². The molecular formula is C8H7BN2-. The molecule has 0 saturated carbocycles. The third-order valence-electron chi connectivity index (χ3n) is 1.83. The number of hydrogen-bond donors (Lipinski definition) is 1. The van der Waals surface area contributed by atoms with Gasteiger partial charge in [0.15, 0.2) is 0 Å². The maximum Gasteiger partial charge on any atom is 0.0616 e. The van der Waals surface area contributed by atoms with Crippen molar-refractivity contribution in [2.75, 3.05) is 0 Å². The zero-order chi connectivity index (χ0) is 7.84. The number of fused-ring (bicyclic) bond motifs is 1. The molecule has 0 aliphatic heterocycles. The zero-order valence-electron chi connectivity index (χ0n) is 6.26. The Balaban J connectivity index is 2.86. The van der Waals surface area contributed by atoms with E-state index in [1.54, 1.807) is 6.20 Å². The van der Waals surface area contributed by atoms with Crippen molar-refractivity contribution >= 4 is 24.2 Å². The molecule has 1 N–H and O–H groups in total. The van der Waals surface area contributed by atoms with Gasteiger partial charge >= 0.3 is 0 Å². The molecule has 0 fully saturated rings. The predicted molar refractivity (Wildman–Crippen MR) is 46.2 cm³/mol. The number of aromatic nitrogens is 2. The van der Waals surface area contributed by atoms with E-state index in [0.29, 0.717) is 0 Å². The number of benzene rings is 1. The Morgan fingerprint density at radius 3 is 3.09 bits per heavy atom. The molecule has 3 heteroatoms. The summed E-state index contributed by atoms with van der Waals surface area (Å²) >= 11 is 0. The first-order chi connectivity index (χ1) is 5.27. The average molecular weight is 142 g/mol. The second-order valence-electron chi connectivity index (χ2n) is 2.67. The normalized spacial score (nSPS) is 10.7. The summed E-state index contributed by atoms with van der Waals surface area (Å²) in [5.41, 5.74) is 2.90. The minimum Gasteiger partial charge on any atom is -0.580 e. The third-order valence-corrected chi connectivity index (χ3v) is 1.83. The van der Waals surface area contributed by atoms with Gasteiger partial charge in [-0.3, -0.25) is 5.10 Å². The van der Waals surface area contributed by atoms with Crippen molar-refractivity contribution in [3.05, 3.63) is 23.9 Å². The summed E-state index contributed by atoms with van der Waals surface area (Å²) in [6.45, 7) is 1.99. The molecule has 2 rings (SSSR count). The molecule has 0 spiro atoms. The average Bonchev–Trinajstić information content (AvgIpc) is 2.36. The van der Waals surface area contributed by atoms with Gasteiger partial charge in [-0.15, -0.1) is 0 Å². The van der Waals surface area contributed by atoms with Crippen LogP contribution in [-0.4, -0.2) is 18.0 Å². The van der Waals surface area contributed by atoms with Crippen LogP contribution in [0.1, 0.15) is 5.56 Å². The molecule has 0 saturated heterocycles. The van der Waals surface area contributed by atoms with Crippen molar-refractivity contribution in [3.63, 3.8) is 0 Å². The van der Waals surface area contributed by atoms with Gasteiger partial charge in [0.1, 0.15) is 0 Å². The number of hydrogen-bond acceptors (Lipinski definition) is 1. The van der Waals surface area contributed by atoms with Crippen LogP contribution in [-0.2, 0) is 0 Å². The van der Waals surface area contributed by atoms with Gasteiger partial charge in [0.25, 0.3) is 0 Å². The largest absolute Gasteiger partial charge is 0.580 e. The van der Waals surface area contributed by atoms with E-state index in [9.17, 15) is 0 Å². The highest BCUT2D eigenvalue weighted by atomic mass is 15.1. The molecule has 0 bridgehead atoms. The summed E-state index contributed by atoms with van der Waals surface area (Å²) < 4.78 is 0. The standard InChI is InChI=1S/C8H7BN2/c1-5-2-6-4-10-11-8(6)3-7(5)9/h2-4H,1H3,(H,10,11)/q-1. The Hall–Kier alpha value is -1.25. The molecule has 0 atom stereocenters. The number of H-pyrrole nitrogens is 1. The van der Waals surface area contributed by atoms with Crippen molar-refractivity contribution in [1.82, 2.24) is 10.2 Å². The fourth-order valence-corrected chi connectivity index (χ4v) is 1.12. The highest BCUT2D eigenvalue weighted by Crippen LogP contribution is 2.09. The molecule has 53 valence electrons. The van der Waals surface area contributed by atoms with E-state index < -0.39 is 0 Å². The Bertz CT molecular complexity index is 356. The fourth-order valence-electron chi connectivity index (χ4n) is 1.12. The van der Waals surface area contributed by atoms with Crippen molar-refractivity contribution < 1.29 is 0 Å². The monoisotopic (exact) mass is 142 g/mol. The molecular weight excluding hydrogens is 135 g/mol. The molecule has 3 radical (unpaired) electrons. The molecule has 0 aliphatic carbocycles. The second kappa shape index (κ2) is 2.12. The SMILES string of the molecule is [B-]c1cc2[nH]ncc2cc1C. The van der Waals surface area contributed by atoms with Crippen LogP contribution in [0.5, 0.6) is 0 Å². The molecule has 11 heavy (non-hydrogen) atoms. The quantitative estimate of drug-likeness (QED) is 0.538. The topological polar surface area (TPSA) is 28.7 Å². The van der Waals surface area contributed by atoms with Gasteiger partial charge in [-0.25, -0.2) is 0 Å². The number of nitrogens with one attached hydrogen (secondary N) is 1. The van der Waals surface area contributed by atoms with Gasteiger partial charge < -0.3 is 13.3 Å². The molecule has 2 nitrogen and oxygen atoms in total. The Morgan fingerprint density at radius 1 is 1.45 bits per heavy atom. The van der Waals surface area contributed by atoms with E-state index in [2.05, 4.69) is 10.2 Å². The predicted octanol–water partition coefficient (Wildman–Crippen LogP) is 0.665. The lowest BCUT2D eigenvalue weighted by Gasteiger charge is -2.10. The third kappa shape index (κ3) is 0.927. The minimum absolute atomic E-state index is 0.807. The molecule has 0 unspecified atom stereocenters. The molecule has 1 aromatic heterocycles. The van der Waals surface area contributed by atoms with E-state index in [0.717, 1.165) is 21.9 Å². The maximum absolute atomic E-state index is 5.70. The van der Waals surface area contributed by atoms with Crippen LogP contribution < -0.4 is 5.46 Å². The van der Waals surface area contributed by atoms with Crippen molar-refractivity contribution in [3.8, 4) is 0 Å². The van der Waals surface area contributed by atoms with Crippen molar-refractivity contribution in [2.45, 2.75) is 6.92 Å². The van der Waals surface area contributed by atoms with E-state index in [1.165, 1.54) is 0 Å². The van der Waals surface area contributed by atoms with Gasteiger partial charge in [0, 0.05) is 5.39 Å². The first-order valence-corrected chi connectivity index (χ1v) is 3.46. The lowest BCUT2D eigenvalue weighted by atomic mass is 9.90. The number of aromatic amines is 1. The summed E-state index contributed by atoms with van der Waals surface area (Å²) in [6.07, 6.45) is 1.79. The van der Waals surface area contributed by atoms with E-state index in [1.807, 2.05) is 19.1 Å². The first-order valence-electron chi connectivity index (χ1n) is 3.46. The number of rotatable bonds is 0. The maximum atomic E-state index is 5.70. The fraction of sp³-hybridized carbons (Fsp3) is 0.125. The smallest absolute Gasteiger partial charge is 0.0616 e. The van der Waals surface area contributed by atoms with E-state index >= 15 is 0 Å². The first kappa shape index (κ1) is 6.46. The highest BCUT2D eigenvalue weighted by Gasteiger charge is 1.92. The van der Waals surface area contributed by atoms with Crippen LogP contribution in [0, 0.1) is 6.92 Å². The Kier molecular flexibility index (Phi) is 1.25. The molecule has 1 aromatic carbocycles. The van der Waals surface area contributed by atoms with Crippen LogP contribution in [0.2, 0.25) is 0 Å². The second-order valence-corrected chi connectivity index (χ2v) is 2.67. The van der Waals surface area contributed by atoms with Crippen LogP contribution in [0.4, 0.5) is 0 Å². The summed E-state index contributed by atoms with van der Waals surface area (Å²) in [5, 5.41) is 7.87. The van der Waals surface area contributed by atoms with Crippen molar-refractivity contribution in [2.24, 2.45) is 0 Å². The van der Waals surface area contributed by atoms with E-state index in [4.69, 9.17) is 7.85 Å². The van der Waals surface area contributed by atoms with Crippen LogP contribution in [0.3, 0.4) is 0 Å². The number of nitrogens with zero attached hydrogens (tertiary/aromatic N) is 1. The zero-order valence-corrected chi connectivity index (χ0v) is 6.26. The summed E-state index contributed by atoms with van der Waals surface area (Å²) in [7, 11) is 5.70. The highest BCUT2D eigenvalue weighted by molar-refractivity contribution is 6.34. The van der Waals surface area contributed by atoms with Gasteiger partial charge in [0.05, 0.1) is 11.7 Å². The molecule has 2 aromatic rings. The summed E-state index contributed by atoms with van der Waals surface area (Å²) in [6, 6.07) is 3.92. The summed E-state index contributed by atoms with van der Waals surface area (Å²) in [4.78, 5) is 0. The van der Waals surface area contributed by atoms with Gasteiger partial charge in [0.2, 0.25) is 0 Å². The Labute approximate surface area is 66.0 Å². The lowest BCUT2D eigenvalue weighted by Crippen LogP contribution is -2.05. The summed E-state index contributed by atoms with van der Waals surface area (Å²) in [5.74, 6) is 0. The molecule has 0 aliphatic rings. The van der Waals surface area contributed by atoms with Crippen LogP contribution >= 0.6 is 0 Å².